The van der Waals surface area contributed by atoms with Crippen LogP contribution in [0.2, 0.25) is 0 Å². The highest BCUT2D eigenvalue weighted by atomic mass is 16.2. The van der Waals surface area contributed by atoms with E-state index in [-0.39, 0.29) is 24.8 Å². The molecule has 23 heavy (non-hydrogen) atoms. The van der Waals surface area contributed by atoms with Crippen molar-refractivity contribution in [2.75, 3.05) is 16.8 Å². The van der Waals surface area contributed by atoms with Gasteiger partial charge >= 0.3 is 0 Å². The molecule has 0 radical (unpaired) electrons. The lowest BCUT2D eigenvalue weighted by molar-refractivity contribution is -0.126. The van der Waals surface area contributed by atoms with E-state index in [4.69, 9.17) is 6.42 Å². The first kappa shape index (κ1) is 13.6. The number of hydrogen-bond acceptors (Lipinski definition) is 3. The molecule has 1 aromatic heterocycles. The number of amides is 2. The van der Waals surface area contributed by atoms with Gasteiger partial charge in [-0.25, -0.2) is 0 Å². The van der Waals surface area contributed by atoms with Crippen LogP contribution in [0, 0.1) is 19.3 Å². The molecule has 2 aliphatic heterocycles. The third kappa shape index (κ3) is 1.62. The highest BCUT2D eigenvalue weighted by Crippen LogP contribution is 2.51. The minimum absolute atomic E-state index is 0.0515. The van der Waals surface area contributed by atoms with E-state index in [1.54, 1.807) is 11.1 Å². The first-order valence-electron chi connectivity index (χ1n) is 7.28. The van der Waals surface area contributed by atoms with Gasteiger partial charge in [-0.2, -0.15) is 5.10 Å². The summed E-state index contributed by atoms with van der Waals surface area (Å²) in [5.74, 6) is 2.61. The van der Waals surface area contributed by atoms with Crippen molar-refractivity contribution in [1.29, 1.82) is 0 Å². The van der Waals surface area contributed by atoms with Crippen LogP contribution in [0.4, 0.5) is 11.5 Å². The van der Waals surface area contributed by atoms with Crippen LogP contribution in [0.15, 0.2) is 24.4 Å². The fraction of sp³-hybridized carbons (Fsp3) is 0.235. The van der Waals surface area contributed by atoms with Gasteiger partial charge in [0.25, 0.3) is 0 Å². The molecule has 2 aliphatic rings. The smallest absolute Gasteiger partial charge is 0.243 e. The zero-order chi connectivity index (χ0) is 16.2. The van der Waals surface area contributed by atoms with E-state index in [1.807, 2.05) is 25.1 Å². The number of rotatable bonds is 1. The van der Waals surface area contributed by atoms with Gasteiger partial charge in [0, 0.05) is 17.7 Å². The lowest BCUT2D eigenvalue weighted by Crippen LogP contribution is -2.46. The molecule has 0 saturated heterocycles. The summed E-state index contributed by atoms with van der Waals surface area (Å²) in [4.78, 5) is 27.0. The number of aromatic amines is 1. The summed E-state index contributed by atoms with van der Waals surface area (Å²) in [6.45, 7) is 2.13. The number of hydrogen-bond donors (Lipinski definition) is 2. The van der Waals surface area contributed by atoms with Crippen molar-refractivity contribution in [2.45, 2.75) is 18.8 Å². The second-order valence-corrected chi connectivity index (χ2v) is 5.90. The quantitative estimate of drug-likeness (QED) is 0.780. The Morgan fingerprint density at radius 1 is 1.39 bits per heavy atom. The second-order valence-electron chi connectivity index (χ2n) is 5.90. The maximum atomic E-state index is 13.3. The molecular weight excluding hydrogens is 292 g/mol. The number of H-pyrrole nitrogens is 1. The molecule has 2 amide bonds. The van der Waals surface area contributed by atoms with E-state index < -0.39 is 5.41 Å². The summed E-state index contributed by atoms with van der Waals surface area (Å²) in [5.41, 5.74) is 2.24. The monoisotopic (exact) mass is 306 g/mol. The number of carbonyl (C=O) groups is 2. The zero-order valence-electron chi connectivity index (χ0n) is 12.5. The van der Waals surface area contributed by atoms with Crippen molar-refractivity contribution in [2.24, 2.45) is 0 Å². The summed E-state index contributed by atoms with van der Waals surface area (Å²) in [7, 11) is 0. The van der Waals surface area contributed by atoms with Crippen LogP contribution in [0.5, 0.6) is 0 Å². The SMILES string of the molecule is C#CCN1C(=O)[C@]2(CC(=O)Nc3[nH]ncc32)c2cc(C)ccc21. The van der Waals surface area contributed by atoms with E-state index in [1.165, 1.54) is 0 Å². The minimum Gasteiger partial charge on any atom is -0.311 e. The largest absolute Gasteiger partial charge is 0.311 e. The summed E-state index contributed by atoms with van der Waals surface area (Å²) >= 11 is 0. The second kappa shape index (κ2) is 4.46. The number of nitrogens with one attached hydrogen (secondary N) is 2. The molecule has 1 aromatic carbocycles. The molecule has 0 saturated carbocycles. The van der Waals surface area contributed by atoms with Gasteiger partial charge < -0.3 is 5.32 Å². The van der Waals surface area contributed by atoms with E-state index in [0.717, 1.165) is 16.8 Å². The average Bonchev–Trinajstić information content (AvgIpc) is 3.06. The number of benzene rings is 1. The fourth-order valence-corrected chi connectivity index (χ4v) is 3.59. The van der Waals surface area contributed by atoms with Crippen LogP contribution < -0.4 is 10.2 Å². The first-order valence-corrected chi connectivity index (χ1v) is 7.28. The van der Waals surface area contributed by atoms with E-state index in [2.05, 4.69) is 21.4 Å². The van der Waals surface area contributed by atoms with Crippen molar-refractivity contribution in [3.8, 4) is 12.3 Å². The third-order valence-corrected chi connectivity index (χ3v) is 4.55. The molecule has 2 aromatic rings. The number of carbonyl (C=O) groups excluding carboxylic acids is 2. The van der Waals surface area contributed by atoms with Crippen molar-refractivity contribution in [1.82, 2.24) is 10.2 Å². The van der Waals surface area contributed by atoms with Gasteiger partial charge in [-0.3, -0.25) is 19.6 Å². The van der Waals surface area contributed by atoms with E-state index >= 15 is 0 Å². The van der Waals surface area contributed by atoms with Gasteiger partial charge in [-0.1, -0.05) is 23.6 Å². The van der Waals surface area contributed by atoms with E-state index in [9.17, 15) is 9.59 Å². The Hall–Kier alpha value is -3.07. The molecule has 0 unspecified atom stereocenters. The topological polar surface area (TPSA) is 78.1 Å². The molecule has 1 spiro atoms. The molecule has 6 nitrogen and oxygen atoms in total. The van der Waals surface area contributed by atoms with Crippen LogP contribution in [0.25, 0.3) is 0 Å². The Balaban J connectivity index is 2.04. The van der Waals surface area contributed by atoms with Crippen molar-refractivity contribution in [3.05, 3.63) is 41.1 Å². The molecule has 2 N–H and O–H groups in total. The van der Waals surface area contributed by atoms with Gasteiger partial charge in [0.15, 0.2) is 0 Å². The van der Waals surface area contributed by atoms with Crippen LogP contribution in [0.1, 0.15) is 23.1 Å². The zero-order valence-corrected chi connectivity index (χ0v) is 12.5. The Morgan fingerprint density at radius 3 is 3.00 bits per heavy atom. The Kier molecular flexibility index (Phi) is 2.64. The number of terminal acetylenes is 1. The lowest BCUT2D eigenvalue weighted by atomic mass is 9.71. The third-order valence-electron chi connectivity index (χ3n) is 4.55. The van der Waals surface area contributed by atoms with Crippen molar-refractivity contribution >= 4 is 23.3 Å². The number of aromatic nitrogens is 2. The molecule has 6 heteroatoms. The van der Waals surface area contributed by atoms with Crippen molar-refractivity contribution < 1.29 is 9.59 Å². The molecule has 0 bridgehead atoms. The van der Waals surface area contributed by atoms with Crippen LogP contribution >= 0.6 is 0 Å². The molecule has 4 rings (SSSR count). The molecule has 0 aliphatic carbocycles. The van der Waals surface area contributed by atoms with E-state index in [0.29, 0.717) is 11.4 Å². The van der Waals surface area contributed by atoms with Crippen LogP contribution in [0.3, 0.4) is 0 Å². The number of anilines is 2. The molecular formula is C17H14N4O2. The summed E-state index contributed by atoms with van der Waals surface area (Å²) in [6, 6.07) is 5.79. The first-order chi connectivity index (χ1) is 11.1. The van der Waals surface area contributed by atoms with Crippen LogP contribution in [-0.4, -0.2) is 28.6 Å². The minimum atomic E-state index is -1.05. The van der Waals surface area contributed by atoms with Gasteiger partial charge in [-0.15, -0.1) is 6.42 Å². The standard InChI is InChI=1S/C17H14N4O2/c1-3-6-21-13-5-4-10(2)7-11(13)17(16(21)23)8-14(22)19-15-12(17)9-18-20-15/h1,4-5,7,9H,6,8H2,2H3,(H2,18,19,20,22)/t17-/m1/s1. The summed E-state index contributed by atoms with van der Waals surface area (Å²) < 4.78 is 0. The number of nitrogens with zero attached hydrogens (tertiary/aromatic N) is 2. The summed E-state index contributed by atoms with van der Waals surface area (Å²) in [5, 5.41) is 9.50. The predicted molar refractivity (Wildman–Crippen MR) is 85.0 cm³/mol. The molecule has 0 fully saturated rings. The Labute approximate surface area is 132 Å². The Morgan fingerprint density at radius 2 is 2.22 bits per heavy atom. The molecule has 3 heterocycles. The lowest BCUT2D eigenvalue weighted by Gasteiger charge is -2.31. The van der Waals surface area contributed by atoms with Gasteiger partial charge in [0.1, 0.15) is 11.2 Å². The predicted octanol–water partition coefficient (Wildman–Crippen LogP) is 1.33. The summed E-state index contributed by atoms with van der Waals surface area (Å²) in [6.07, 6.45) is 7.10. The number of fused-ring (bicyclic) bond motifs is 4. The number of aryl methyl sites for hydroxylation is 1. The van der Waals surface area contributed by atoms with Gasteiger partial charge in [0.05, 0.1) is 12.7 Å². The fourth-order valence-electron chi connectivity index (χ4n) is 3.59. The maximum absolute atomic E-state index is 13.3. The maximum Gasteiger partial charge on any atom is 0.243 e. The van der Waals surface area contributed by atoms with Crippen LogP contribution in [-0.2, 0) is 15.0 Å². The molecule has 114 valence electrons. The van der Waals surface area contributed by atoms with Gasteiger partial charge in [0.2, 0.25) is 11.8 Å². The van der Waals surface area contributed by atoms with Crippen molar-refractivity contribution in [3.63, 3.8) is 0 Å². The normalized spacial score (nSPS) is 21.8. The molecule has 1 atom stereocenters. The Bertz CT molecular complexity index is 892. The van der Waals surface area contributed by atoms with Gasteiger partial charge in [-0.05, 0) is 18.6 Å². The highest BCUT2D eigenvalue weighted by Gasteiger charge is 2.56. The average molecular weight is 306 g/mol. The highest BCUT2D eigenvalue weighted by molar-refractivity contribution is 6.15.